The van der Waals surface area contributed by atoms with E-state index in [9.17, 15) is 9.18 Å². The molecule has 0 radical (unpaired) electrons. The van der Waals surface area contributed by atoms with Gasteiger partial charge in [-0.25, -0.2) is 13.6 Å². The molecule has 1 heterocycles. The average molecular weight is 512 g/mol. The first-order valence-electron chi connectivity index (χ1n) is 12.3. The predicted molar refractivity (Wildman–Crippen MR) is 146 cm³/mol. The number of carbonyl (C=O) groups is 1. The molecule has 37 heavy (non-hydrogen) atoms. The third-order valence-corrected chi connectivity index (χ3v) is 5.86. The van der Waals surface area contributed by atoms with Crippen LogP contribution >= 0.6 is 0 Å². The van der Waals surface area contributed by atoms with Crippen LogP contribution in [0.25, 0.3) is 11.3 Å². The first kappa shape index (κ1) is 27.9. The van der Waals surface area contributed by atoms with Crippen molar-refractivity contribution >= 4 is 28.7 Å². The van der Waals surface area contributed by atoms with Crippen LogP contribution in [0.15, 0.2) is 62.2 Å². The zero-order valence-electron chi connectivity index (χ0n) is 21.5. The maximum absolute atomic E-state index is 15.3. The highest BCUT2D eigenvalue weighted by Gasteiger charge is 2.19. The fourth-order valence-corrected chi connectivity index (χ4v) is 3.82. The van der Waals surface area contributed by atoms with Gasteiger partial charge in [-0.2, -0.15) is 0 Å². The lowest BCUT2D eigenvalue weighted by molar-refractivity contribution is 0.0678. The number of allylic oxidation sites excluding steroid dienone is 2. The summed E-state index contributed by atoms with van der Waals surface area (Å²) >= 11 is 0. The van der Waals surface area contributed by atoms with Crippen LogP contribution in [0, 0.1) is 5.82 Å². The Morgan fingerprint density at radius 3 is 2.46 bits per heavy atom. The topological polar surface area (TPSA) is 71.6 Å². The first-order chi connectivity index (χ1) is 17.6. The minimum atomic E-state index is -1.35. The number of carbonyl (C=O) groups excluding carboxylic acids is 1. The lowest BCUT2D eigenvalue weighted by atomic mass is 9.97. The van der Waals surface area contributed by atoms with E-state index in [0.717, 1.165) is 12.8 Å². The van der Waals surface area contributed by atoms with E-state index in [0.29, 0.717) is 47.2 Å². The number of hydrogen-bond donors (Lipinski definition) is 3. The van der Waals surface area contributed by atoms with Crippen molar-refractivity contribution in [2.75, 3.05) is 30.4 Å². The molecule has 198 valence electrons. The Hall–Kier alpha value is -3.65. The molecule has 2 aromatic carbocycles. The standard InChI is InChI=1S/C29H35F2N3O3/c1-6-19(2)25-16-24(37-18-23-8-7-15-36-23)17-26(30)27(25)20(3)33-21-9-11-22(12-10-21)34-28(35)32-14-13-29(4,5)31/h6,9-12,16-17,23,33H,1-3,7-8,13-15,18H2,4-5H3,(H2,32,34,35)/t23-/m1/s1. The molecule has 1 aliphatic heterocycles. The van der Waals surface area contributed by atoms with Gasteiger partial charge < -0.3 is 25.4 Å². The molecule has 2 aromatic rings. The molecule has 8 heteroatoms. The number of amides is 2. The van der Waals surface area contributed by atoms with Crippen LogP contribution in [0.3, 0.4) is 0 Å². The molecule has 0 spiro atoms. The van der Waals surface area contributed by atoms with Gasteiger partial charge in [-0.05, 0) is 74.6 Å². The first-order valence-corrected chi connectivity index (χ1v) is 12.3. The van der Waals surface area contributed by atoms with Gasteiger partial charge in [0.25, 0.3) is 0 Å². The van der Waals surface area contributed by atoms with Crippen LogP contribution in [-0.4, -0.2) is 37.6 Å². The van der Waals surface area contributed by atoms with Gasteiger partial charge in [-0.15, -0.1) is 0 Å². The van der Waals surface area contributed by atoms with Crippen LogP contribution in [0.4, 0.5) is 25.0 Å². The largest absolute Gasteiger partial charge is 0.491 e. The van der Waals surface area contributed by atoms with Gasteiger partial charge in [0, 0.05) is 41.9 Å². The molecule has 6 nitrogen and oxygen atoms in total. The lowest BCUT2D eigenvalue weighted by Crippen LogP contribution is -2.32. The molecule has 3 N–H and O–H groups in total. The second-order valence-electron chi connectivity index (χ2n) is 9.53. The molecule has 1 saturated heterocycles. The highest BCUT2D eigenvalue weighted by Crippen LogP contribution is 2.32. The Balaban J connectivity index is 1.66. The van der Waals surface area contributed by atoms with E-state index in [1.54, 1.807) is 36.4 Å². The van der Waals surface area contributed by atoms with Crippen molar-refractivity contribution in [3.8, 4) is 5.75 Å². The Morgan fingerprint density at radius 2 is 1.86 bits per heavy atom. The van der Waals surface area contributed by atoms with E-state index in [1.807, 2.05) is 0 Å². The molecule has 1 aliphatic rings. The number of alkyl halides is 1. The van der Waals surface area contributed by atoms with Crippen molar-refractivity contribution < 1.29 is 23.0 Å². The number of anilines is 2. The number of urea groups is 1. The number of rotatable bonds is 12. The molecule has 0 saturated carbocycles. The van der Waals surface area contributed by atoms with Gasteiger partial charge in [-0.3, -0.25) is 0 Å². The second kappa shape index (κ2) is 12.5. The van der Waals surface area contributed by atoms with E-state index in [-0.39, 0.29) is 24.6 Å². The maximum atomic E-state index is 15.3. The van der Waals surface area contributed by atoms with Crippen LogP contribution in [0.2, 0.25) is 0 Å². The molecule has 3 rings (SSSR count). The molecule has 0 aromatic heterocycles. The van der Waals surface area contributed by atoms with E-state index < -0.39 is 17.5 Å². The summed E-state index contributed by atoms with van der Waals surface area (Å²) in [6, 6.07) is 9.46. The third-order valence-electron chi connectivity index (χ3n) is 5.86. The summed E-state index contributed by atoms with van der Waals surface area (Å²) in [6.07, 6.45) is 3.69. The number of ether oxygens (including phenoxy) is 2. The van der Waals surface area contributed by atoms with Crippen molar-refractivity contribution in [2.24, 2.45) is 0 Å². The zero-order chi connectivity index (χ0) is 27.0. The highest BCUT2D eigenvalue weighted by atomic mass is 19.1. The van der Waals surface area contributed by atoms with Gasteiger partial charge in [0.15, 0.2) is 0 Å². The molecule has 0 unspecified atom stereocenters. The second-order valence-corrected chi connectivity index (χ2v) is 9.53. The molecule has 0 bridgehead atoms. The average Bonchev–Trinajstić information content (AvgIpc) is 3.36. The van der Waals surface area contributed by atoms with Crippen molar-refractivity contribution in [3.63, 3.8) is 0 Å². The molecular weight excluding hydrogens is 476 g/mol. The van der Waals surface area contributed by atoms with Gasteiger partial charge in [-0.1, -0.05) is 25.8 Å². The fourth-order valence-electron chi connectivity index (χ4n) is 3.82. The number of halogens is 2. The highest BCUT2D eigenvalue weighted by molar-refractivity contribution is 5.90. The summed E-state index contributed by atoms with van der Waals surface area (Å²) in [5.74, 6) is -0.127. The van der Waals surface area contributed by atoms with Gasteiger partial charge in [0.2, 0.25) is 0 Å². The van der Waals surface area contributed by atoms with E-state index in [2.05, 4.69) is 35.7 Å². The van der Waals surface area contributed by atoms with Gasteiger partial charge in [0.1, 0.15) is 23.8 Å². The molecule has 1 fully saturated rings. The molecule has 0 aliphatic carbocycles. The zero-order valence-corrected chi connectivity index (χ0v) is 21.5. The third kappa shape index (κ3) is 8.46. The number of hydrogen-bond acceptors (Lipinski definition) is 4. The Morgan fingerprint density at radius 1 is 1.19 bits per heavy atom. The minimum absolute atomic E-state index is 0.0104. The van der Waals surface area contributed by atoms with Crippen LogP contribution in [0.5, 0.6) is 5.75 Å². The van der Waals surface area contributed by atoms with Crippen LogP contribution < -0.4 is 20.7 Å². The number of benzene rings is 2. The quantitative estimate of drug-likeness (QED) is 0.270. The Labute approximate surface area is 217 Å². The van der Waals surface area contributed by atoms with Gasteiger partial charge in [0.05, 0.1) is 6.10 Å². The summed E-state index contributed by atoms with van der Waals surface area (Å²) in [5.41, 5.74) is 1.47. The van der Waals surface area contributed by atoms with E-state index >= 15 is 4.39 Å². The SMILES string of the molecule is C=CC(=C)c1cc(OC[C@H]2CCCO2)cc(F)c1C(=C)Nc1ccc(NC(=O)NCCC(C)(C)F)cc1. The smallest absolute Gasteiger partial charge is 0.319 e. The Bertz CT molecular complexity index is 1130. The summed E-state index contributed by atoms with van der Waals surface area (Å²) in [6.45, 7) is 16.0. The molecule has 2 amide bonds. The molecule has 1 atom stereocenters. The van der Waals surface area contributed by atoms with Crippen molar-refractivity contribution in [2.45, 2.75) is 44.9 Å². The maximum Gasteiger partial charge on any atom is 0.319 e. The fraction of sp³-hybridized carbons (Fsp3) is 0.345. The predicted octanol–water partition coefficient (Wildman–Crippen LogP) is 6.93. The van der Waals surface area contributed by atoms with E-state index in [1.165, 1.54) is 19.9 Å². The minimum Gasteiger partial charge on any atom is -0.491 e. The van der Waals surface area contributed by atoms with Crippen LogP contribution in [0.1, 0.15) is 44.2 Å². The lowest BCUT2D eigenvalue weighted by Gasteiger charge is -2.18. The van der Waals surface area contributed by atoms with E-state index in [4.69, 9.17) is 9.47 Å². The van der Waals surface area contributed by atoms with Crippen molar-refractivity contribution in [1.82, 2.24) is 5.32 Å². The summed E-state index contributed by atoms with van der Waals surface area (Å²) < 4.78 is 40.2. The summed E-state index contributed by atoms with van der Waals surface area (Å²) in [4.78, 5) is 12.0. The van der Waals surface area contributed by atoms with Gasteiger partial charge >= 0.3 is 6.03 Å². The van der Waals surface area contributed by atoms with Crippen molar-refractivity contribution in [3.05, 3.63) is 79.2 Å². The normalized spacial score (nSPS) is 15.1. The number of nitrogens with one attached hydrogen (secondary N) is 3. The summed E-state index contributed by atoms with van der Waals surface area (Å²) in [5, 5.41) is 8.42. The van der Waals surface area contributed by atoms with Crippen molar-refractivity contribution in [1.29, 1.82) is 0 Å². The van der Waals surface area contributed by atoms with Crippen LogP contribution in [-0.2, 0) is 4.74 Å². The summed E-state index contributed by atoms with van der Waals surface area (Å²) in [7, 11) is 0. The monoisotopic (exact) mass is 511 g/mol. The molecular formula is C29H35F2N3O3. The Kier molecular flexibility index (Phi) is 9.47.